The highest BCUT2D eigenvalue weighted by Crippen LogP contribution is 2.20. The van der Waals surface area contributed by atoms with E-state index in [1.807, 2.05) is 18.2 Å². The Morgan fingerprint density at radius 3 is 2.46 bits per heavy atom. The molecule has 4 N–H and O–H groups in total. The highest BCUT2D eigenvalue weighted by atomic mass is 16.3. The second-order valence-electron chi connectivity index (χ2n) is 3.09. The summed E-state index contributed by atoms with van der Waals surface area (Å²) in [5.41, 5.74) is 7.08. The molecular weight excluding hydrogens is 166 g/mol. The highest BCUT2D eigenvalue weighted by molar-refractivity contribution is 5.29. The van der Waals surface area contributed by atoms with Crippen LogP contribution < -0.4 is 5.73 Å². The van der Waals surface area contributed by atoms with E-state index in [1.165, 1.54) is 0 Å². The van der Waals surface area contributed by atoms with Crippen LogP contribution in [0.5, 0.6) is 0 Å². The lowest BCUT2D eigenvalue weighted by atomic mass is 9.99. The zero-order valence-electron chi connectivity index (χ0n) is 7.64. The van der Waals surface area contributed by atoms with E-state index in [-0.39, 0.29) is 0 Å². The molecule has 1 aromatic rings. The smallest absolute Gasteiger partial charge is 0.105 e. The van der Waals surface area contributed by atoms with Gasteiger partial charge in [0.2, 0.25) is 0 Å². The lowest BCUT2D eigenvalue weighted by molar-refractivity contribution is 0.0300. The van der Waals surface area contributed by atoms with E-state index < -0.39 is 12.2 Å². The SMILES string of the molecule is C[C@@H](O)[C@@H](O)c1ccccc1CN. The van der Waals surface area contributed by atoms with Crippen molar-refractivity contribution in [3.63, 3.8) is 0 Å². The third-order valence-corrected chi connectivity index (χ3v) is 2.05. The van der Waals surface area contributed by atoms with Crippen LogP contribution in [0.4, 0.5) is 0 Å². The summed E-state index contributed by atoms with van der Waals surface area (Å²) in [5, 5.41) is 18.8. The number of nitrogens with two attached hydrogens (primary N) is 1. The topological polar surface area (TPSA) is 66.5 Å². The van der Waals surface area contributed by atoms with Gasteiger partial charge >= 0.3 is 0 Å². The van der Waals surface area contributed by atoms with Gasteiger partial charge in [-0.3, -0.25) is 0 Å². The number of aliphatic hydroxyl groups excluding tert-OH is 2. The molecule has 1 rings (SSSR count). The Morgan fingerprint density at radius 1 is 1.31 bits per heavy atom. The molecule has 0 saturated carbocycles. The number of aliphatic hydroxyl groups is 2. The standard InChI is InChI=1S/C10H15NO2/c1-7(12)10(13)9-5-3-2-4-8(9)6-11/h2-5,7,10,12-13H,6,11H2,1H3/t7-,10-/m1/s1. The van der Waals surface area contributed by atoms with Crippen molar-refractivity contribution in [3.8, 4) is 0 Å². The van der Waals surface area contributed by atoms with Crippen LogP contribution in [0.15, 0.2) is 24.3 Å². The lowest BCUT2D eigenvalue weighted by Crippen LogP contribution is -2.16. The fourth-order valence-corrected chi connectivity index (χ4v) is 1.27. The Balaban J connectivity index is 2.98. The summed E-state index contributed by atoms with van der Waals surface area (Å²) in [5.74, 6) is 0. The average molecular weight is 181 g/mol. The fourth-order valence-electron chi connectivity index (χ4n) is 1.27. The maximum Gasteiger partial charge on any atom is 0.105 e. The van der Waals surface area contributed by atoms with Gasteiger partial charge in [0.1, 0.15) is 6.10 Å². The van der Waals surface area contributed by atoms with Crippen LogP contribution in [-0.2, 0) is 6.54 Å². The zero-order chi connectivity index (χ0) is 9.84. The minimum absolute atomic E-state index is 0.375. The molecule has 2 atom stereocenters. The van der Waals surface area contributed by atoms with Crippen molar-refractivity contribution in [2.45, 2.75) is 25.7 Å². The maximum atomic E-state index is 9.60. The van der Waals surface area contributed by atoms with Crippen LogP contribution in [0.2, 0.25) is 0 Å². The summed E-state index contributed by atoms with van der Waals surface area (Å²) in [6, 6.07) is 7.31. The molecule has 0 bridgehead atoms. The highest BCUT2D eigenvalue weighted by Gasteiger charge is 2.15. The molecule has 72 valence electrons. The molecule has 0 radical (unpaired) electrons. The van der Waals surface area contributed by atoms with E-state index in [2.05, 4.69) is 0 Å². The first-order chi connectivity index (χ1) is 6.16. The van der Waals surface area contributed by atoms with Crippen LogP contribution in [-0.4, -0.2) is 16.3 Å². The van der Waals surface area contributed by atoms with E-state index in [0.717, 1.165) is 5.56 Å². The number of benzene rings is 1. The predicted molar refractivity (Wildman–Crippen MR) is 51.0 cm³/mol. The van der Waals surface area contributed by atoms with Gasteiger partial charge in [-0.05, 0) is 18.1 Å². The molecule has 0 heterocycles. The second-order valence-corrected chi connectivity index (χ2v) is 3.09. The fraction of sp³-hybridized carbons (Fsp3) is 0.400. The van der Waals surface area contributed by atoms with Crippen LogP contribution in [0.1, 0.15) is 24.2 Å². The van der Waals surface area contributed by atoms with E-state index in [4.69, 9.17) is 5.73 Å². The first-order valence-electron chi connectivity index (χ1n) is 4.30. The molecule has 3 nitrogen and oxygen atoms in total. The lowest BCUT2D eigenvalue weighted by Gasteiger charge is -2.16. The molecule has 13 heavy (non-hydrogen) atoms. The largest absolute Gasteiger partial charge is 0.390 e. The van der Waals surface area contributed by atoms with Crippen molar-refractivity contribution >= 4 is 0 Å². The monoisotopic (exact) mass is 181 g/mol. The van der Waals surface area contributed by atoms with Gasteiger partial charge in [0.25, 0.3) is 0 Å². The van der Waals surface area contributed by atoms with Crippen LogP contribution >= 0.6 is 0 Å². The molecule has 0 aliphatic heterocycles. The van der Waals surface area contributed by atoms with Crippen molar-refractivity contribution in [1.29, 1.82) is 0 Å². The Kier molecular flexibility index (Phi) is 3.42. The maximum absolute atomic E-state index is 9.60. The predicted octanol–water partition coefficient (Wildman–Crippen LogP) is 0.560. The van der Waals surface area contributed by atoms with Crippen molar-refractivity contribution in [3.05, 3.63) is 35.4 Å². The molecule has 3 heteroatoms. The van der Waals surface area contributed by atoms with Crippen molar-refractivity contribution in [2.75, 3.05) is 0 Å². The average Bonchev–Trinajstić information content (AvgIpc) is 2.16. The Hall–Kier alpha value is -0.900. The molecular formula is C10H15NO2. The van der Waals surface area contributed by atoms with Gasteiger partial charge in [-0.1, -0.05) is 24.3 Å². The first-order valence-corrected chi connectivity index (χ1v) is 4.30. The van der Waals surface area contributed by atoms with Gasteiger partial charge in [-0.25, -0.2) is 0 Å². The van der Waals surface area contributed by atoms with Crippen LogP contribution in [0.25, 0.3) is 0 Å². The molecule has 0 spiro atoms. The summed E-state index contributed by atoms with van der Waals surface area (Å²) >= 11 is 0. The Labute approximate surface area is 77.8 Å². The van der Waals surface area contributed by atoms with Gasteiger partial charge in [-0.2, -0.15) is 0 Å². The number of hydrogen-bond acceptors (Lipinski definition) is 3. The van der Waals surface area contributed by atoms with Gasteiger partial charge in [0.15, 0.2) is 0 Å². The Bertz CT molecular complexity index is 273. The summed E-state index contributed by atoms with van der Waals surface area (Å²) < 4.78 is 0. The molecule has 1 aromatic carbocycles. The third-order valence-electron chi connectivity index (χ3n) is 2.05. The van der Waals surface area contributed by atoms with E-state index in [0.29, 0.717) is 12.1 Å². The molecule has 0 amide bonds. The minimum Gasteiger partial charge on any atom is -0.390 e. The normalized spacial score (nSPS) is 15.4. The second kappa shape index (κ2) is 4.37. The van der Waals surface area contributed by atoms with Crippen molar-refractivity contribution in [1.82, 2.24) is 0 Å². The van der Waals surface area contributed by atoms with Crippen molar-refractivity contribution < 1.29 is 10.2 Å². The molecule has 0 fully saturated rings. The summed E-state index contributed by atoms with van der Waals surface area (Å²) in [7, 11) is 0. The molecule has 0 unspecified atom stereocenters. The van der Waals surface area contributed by atoms with Crippen LogP contribution in [0.3, 0.4) is 0 Å². The Morgan fingerprint density at radius 2 is 1.92 bits per heavy atom. The van der Waals surface area contributed by atoms with E-state index in [1.54, 1.807) is 13.0 Å². The van der Waals surface area contributed by atoms with Gasteiger partial charge in [0, 0.05) is 6.54 Å². The molecule has 0 aromatic heterocycles. The quantitative estimate of drug-likeness (QED) is 0.638. The van der Waals surface area contributed by atoms with Gasteiger partial charge in [-0.15, -0.1) is 0 Å². The van der Waals surface area contributed by atoms with E-state index >= 15 is 0 Å². The van der Waals surface area contributed by atoms with Gasteiger partial charge < -0.3 is 15.9 Å². The molecule has 0 saturated heterocycles. The van der Waals surface area contributed by atoms with Gasteiger partial charge in [0.05, 0.1) is 6.10 Å². The molecule has 0 aliphatic carbocycles. The zero-order valence-corrected chi connectivity index (χ0v) is 7.64. The van der Waals surface area contributed by atoms with Crippen molar-refractivity contribution in [2.24, 2.45) is 5.73 Å². The number of rotatable bonds is 3. The summed E-state index contributed by atoms with van der Waals surface area (Å²) in [6.07, 6.45) is -1.62. The summed E-state index contributed by atoms with van der Waals surface area (Å²) in [4.78, 5) is 0. The number of hydrogen-bond donors (Lipinski definition) is 3. The first kappa shape index (κ1) is 10.2. The third kappa shape index (κ3) is 2.28. The minimum atomic E-state index is -0.847. The summed E-state index contributed by atoms with van der Waals surface area (Å²) in [6.45, 7) is 1.93. The van der Waals surface area contributed by atoms with E-state index in [9.17, 15) is 10.2 Å². The van der Waals surface area contributed by atoms with Crippen LogP contribution in [0, 0.1) is 0 Å². The molecule has 0 aliphatic rings.